The van der Waals surface area contributed by atoms with Crippen LogP contribution in [0.3, 0.4) is 0 Å². The fraction of sp³-hybridized carbons (Fsp3) is 0.267. The number of nitrogens with zero attached hydrogens (tertiary/aromatic N) is 2. The molecule has 0 saturated carbocycles. The van der Waals surface area contributed by atoms with Gasteiger partial charge in [-0.15, -0.1) is 11.3 Å². The Bertz CT molecular complexity index is 756. The van der Waals surface area contributed by atoms with Crippen molar-refractivity contribution in [1.29, 1.82) is 0 Å². The van der Waals surface area contributed by atoms with Crippen LogP contribution in [0.25, 0.3) is 0 Å². The molecule has 0 radical (unpaired) electrons. The number of amides is 2. The van der Waals surface area contributed by atoms with Gasteiger partial charge >= 0.3 is 0 Å². The van der Waals surface area contributed by atoms with E-state index in [1.54, 1.807) is 34.7 Å². The minimum absolute atomic E-state index is 0.102. The third-order valence-electron chi connectivity index (χ3n) is 3.82. The Hall–Kier alpha value is -2.61. The summed E-state index contributed by atoms with van der Waals surface area (Å²) in [5.41, 5.74) is 0.535. The van der Waals surface area contributed by atoms with Gasteiger partial charge in [0.25, 0.3) is 5.91 Å². The first-order chi connectivity index (χ1) is 11.2. The number of fused-ring (bicyclic) bond motifs is 1. The van der Waals surface area contributed by atoms with E-state index in [9.17, 15) is 9.59 Å². The number of thiazole rings is 1. The second-order valence-corrected chi connectivity index (χ2v) is 6.20. The molecule has 2 aromatic rings. The topological polar surface area (TPSA) is 80.8 Å². The van der Waals surface area contributed by atoms with Gasteiger partial charge in [0.05, 0.1) is 5.92 Å². The number of nitrogens with one attached hydrogen (secondary N) is 1. The van der Waals surface area contributed by atoms with E-state index in [0.717, 1.165) is 0 Å². The highest BCUT2D eigenvalue weighted by molar-refractivity contribution is 7.13. The molecule has 2 aliphatic rings. The Kier molecular flexibility index (Phi) is 3.38. The summed E-state index contributed by atoms with van der Waals surface area (Å²) in [4.78, 5) is 30.1. The summed E-state index contributed by atoms with van der Waals surface area (Å²) in [5.74, 6) is 0.813. The first kappa shape index (κ1) is 14.0. The van der Waals surface area contributed by atoms with Crippen molar-refractivity contribution in [2.75, 3.05) is 25.2 Å². The Balaban J connectivity index is 1.36. The number of carbonyl (C=O) groups excluding carboxylic acids is 2. The summed E-state index contributed by atoms with van der Waals surface area (Å²) in [5, 5.41) is 5.13. The van der Waals surface area contributed by atoms with Gasteiger partial charge in [-0.3, -0.25) is 9.59 Å². The third kappa shape index (κ3) is 2.61. The van der Waals surface area contributed by atoms with E-state index in [0.29, 0.717) is 35.3 Å². The lowest BCUT2D eigenvalue weighted by atomic mass is 9.98. The van der Waals surface area contributed by atoms with Gasteiger partial charge in [0, 0.05) is 30.2 Å². The number of rotatable bonds is 3. The molecule has 1 aromatic heterocycles. The molecule has 1 N–H and O–H groups in total. The van der Waals surface area contributed by atoms with E-state index < -0.39 is 0 Å². The van der Waals surface area contributed by atoms with Crippen molar-refractivity contribution in [3.63, 3.8) is 0 Å². The van der Waals surface area contributed by atoms with Crippen molar-refractivity contribution in [1.82, 2.24) is 9.88 Å². The molecule has 2 aliphatic heterocycles. The molecule has 7 nitrogen and oxygen atoms in total. The normalized spacial score (nSPS) is 16.1. The second-order valence-electron chi connectivity index (χ2n) is 5.30. The van der Waals surface area contributed by atoms with Crippen LogP contribution in [0.15, 0.2) is 29.8 Å². The zero-order chi connectivity index (χ0) is 15.8. The molecule has 0 spiro atoms. The van der Waals surface area contributed by atoms with Gasteiger partial charge in [0.2, 0.25) is 12.7 Å². The molecule has 118 valence electrons. The van der Waals surface area contributed by atoms with Crippen molar-refractivity contribution >= 4 is 28.3 Å². The summed E-state index contributed by atoms with van der Waals surface area (Å²) >= 11 is 1.37. The number of aromatic nitrogens is 1. The van der Waals surface area contributed by atoms with Crippen molar-refractivity contribution in [2.45, 2.75) is 0 Å². The molecule has 0 bridgehead atoms. The number of anilines is 1. The highest BCUT2D eigenvalue weighted by atomic mass is 32.1. The van der Waals surface area contributed by atoms with Gasteiger partial charge in [0.1, 0.15) is 0 Å². The van der Waals surface area contributed by atoms with Crippen LogP contribution >= 0.6 is 11.3 Å². The number of hydrogen-bond acceptors (Lipinski definition) is 6. The summed E-state index contributed by atoms with van der Waals surface area (Å²) in [6.45, 7) is 0.991. The van der Waals surface area contributed by atoms with Crippen LogP contribution in [-0.4, -0.2) is 41.6 Å². The summed E-state index contributed by atoms with van der Waals surface area (Å²) in [6, 6.07) is 5.11. The van der Waals surface area contributed by atoms with Crippen molar-refractivity contribution in [3.05, 3.63) is 35.3 Å². The maximum Gasteiger partial charge on any atom is 0.254 e. The van der Waals surface area contributed by atoms with Crippen molar-refractivity contribution < 1.29 is 19.1 Å². The van der Waals surface area contributed by atoms with Gasteiger partial charge in [0.15, 0.2) is 16.6 Å². The van der Waals surface area contributed by atoms with E-state index >= 15 is 0 Å². The highest BCUT2D eigenvalue weighted by Gasteiger charge is 2.36. The fourth-order valence-electron chi connectivity index (χ4n) is 2.52. The number of likely N-dealkylation sites (tertiary alicyclic amines) is 1. The predicted octanol–water partition coefficient (Wildman–Crippen LogP) is 1.58. The van der Waals surface area contributed by atoms with Crippen molar-refractivity contribution in [2.24, 2.45) is 5.92 Å². The molecule has 1 fully saturated rings. The molecule has 4 rings (SSSR count). The Morgan fingerprint density at radius 1 is 1.26 bits per heavy atom. The molecule has 0 atom stereocenters. The summed E-state index contributed by atoms with van der Waals surface area (Å²) < 4.78 is 10.5. The first-order valence-corrected chi connectivity index (χ1v) is 7.98. The molecular formula is C15H13N3O4S. The van der Waals surface area contributed by atoms with Crippen LogP contribution in [0.4, 0.5) is 5.13 Å². The molecule has 23 heavy (non-hydrogen) atoms. The summed E-state index contributed by atoms with van der Waals surface area (Å²) in [7, 11) is 0. The average Bonchev–Trinajstić information content (AvgIpc) is 3.15. The van der Waals surface area contributed by atoms with Gasteiger partial charge in [-0.05, 0) is 18.2 Å². The smallest absolute Gasteiger partial charge is 0.254 e. The van der Waals surface area contributed by atoms with E-state index in [1.807, 2.05) is 0 Å². The fourth-order valence-corrected chi connectivity index (χ4v) is 3.05. The SMILES string of the molecule is O=C(Nc1nccs1)C1CN(C(=O)c2ccc3c(c2)OCO3)C1. The minimum Gasteiger partial charge on any atom is -0.454 e. The largest absolute Gasteiger partial charge is 0.454 e. The zero-order valence-corrected chi connectivity index (χ0v) is 12.8. The molecule has 1 saturated heterocycles. The highest BCUT2D eigenvalue weighted by Crippen LogP contribution is 2.33. The lowest BCUT2D eigenvalue weighted by Crippen LogP contribution is -2.54. The number of ether oxygens (including phenoxy) is 2. The van der Waals surface area contributed by atoms with E-state index in [2.05, 4.69) is 10.3 Å². The Morgan fingerprint density at radius 3 is 2.87 bits per heavy atom. The van der Waals surface area contributed by atoms with Gasteiger partial charge in [-0.25, -0.2) is 4.98 Å². The monoisotopic (exact) mass is 331 g/mol. The first-order valence-electron chi connectivity index (χ1n) is 7.10. The molecule has 0 unspecified atom stereocenters. The van der Waals surface area contributed by atoms with Crippen LogP contribution in [0.1, 0.15) is 10.4 Å². The molecule has 0 aliphatic carbocycles. The minimum atomic E-state index is -0.197. The van der Waals surface area contributed by atoms with E-state index in [4.69, 9.17) is 9.47 Å². The molecule has 1 aromatic carbocycles. The lowest BCUT2D eigenvalue weighted by Gasteiger charge is -2.38. The Labute approximate surface area is 135 Å². The lowest BCUT2D eigenvalue weighted by molar-refractivity contribution is -0.123. The van der Waals surface area contributed by atoms with Crippen LogP contribution in [0, 0.1) is 5.92 Å². The van der Waals surface area contributed by atoms with E-state index in [-0.39, 0.29) is 24.5 Å². The number of benzene rings is 1. The quantitative estimate of drug-likeness (QED) is 0.923. The number of hydrogen-bond donors (Lipinski definition) is 1. The maximum absolute atomic E-state index is 12.4. The van der Waals surface area contributed by atoms with Gasteiger partial charge in [-0.2, -0.15) is 0 Å². The summed E-state index contributed by atoms with van der Waals surface area (Å²) in [6.07, 6.45) is 1.64. The predicted molar refractivity (Wildman–Crippen MR) is 82.7 cm³/mol. The maximum atomic E-state index is 12.4. The average molecular weight is 331 g/mol. The van der Waals surface area contributed by atoms with Crippen LogP contribution in [0.5, 0.6) is 11.5 Å². The van der Waals surface area contributed by atoms with E-state index in [1.165, 1.54) is 11.3 Å². The van der Waals surface area contributed by atoms with Crippen LogP contribution < -0.4 is 14.8 Å². The molecule has 3 heterocycles. The molecular weight excluding hydrogens is 318 g/mol. The van der Waals surface area contributed by atoms with Crippen LogP contribution in [-0.2, 0) is 4.79 Å². The van der Waals surface area contributed by atoms with Crippen LogP contribution in [0.2, 0.25) is 0 Å². The number of carbonyl (C=O) groups is 2. The Morgan fingerprint density at radius 2 is 2.09 bits per heavy atom. The van der Waals surface area contributed by atoms with Gasteiger partial charge in [-0.1, -0.05) is 0 Å². The van der Waals surface area contributed by atoms with Crippen molar-refractivity contribution in [3.8, 4) is 11.5 Å². The van der Waals surface area contributed by atoms with Gasteiger partial charge < -0.3 is 19.7 Å². The molecule has 8 heteroatoms. The standard InChI is InChI=1S/C15H13N3O4S/c19-13(17-15-16-3-4-23-15)10-6-18(7-10)14(20)9-1-2-11-12(5-9)22-8-21-11/h1-5,10H,6-8H2,(H,16,17,19). The molecule has 2 amide bonds. The zero-order valence-electron chi connectivity index (χ0n) is 12.0. The third-order valence-corrected chi connectivity index (χ3v) is 4.51. The second kappa shape index (κ2) is 5.54.